The van der Waals surface area contributed by atoms with Crippen LogP contribution in [-0.2, 0) is 22.4 Å². The number of carbonyl (C=O) groups is 1. The number of allylic oxidation sites excluding steroid dienone is 5. The number of ether oxygens (including phenoxy) is 1. The highest BCUT2D eigenvalue weighted by Gasteiger charge is 2.43. The van der Waals surface area contributed by atoms with Crippen LogP contribution in [0.5, 0.6) is 5.75 Å². The number of aliphatic hydroxyl groups is 1. The van der Waals surface area contributed by atoms with E-state index in [2.05, 4.69) is 29.5 Å². The summed E-state index contributed by atoms with van der Waals surface area (Å²) in [4.78, 5) is 17.5. The Morgan fingerprint density at radius 1 is 1.35 bits per heavy atom. The molecule has 0 bridgehead atoms. The van der Waals surface area contributed by atoms with Crippen molar-refractivity contribution >= 4 is 23.0 Å². The summed E-state index contributed by atoms with van der Waals surface area (Å²) in [5.74, 6) is 0.833. The van der Waals surface area contributed by atoms with Gasteiger partial charge < -0.3 is 14.7 Å². The van der Waals surface area contributed by atoms with Crippen LogP contribution in [-0.4, -0.2) is 92.6 Å². The Morgan fingerprint density at radius 3 is 2.62 bits per heavy atom. The van der Waals surface area contributed by atoms with Gasteiger partial charge in [-0.2, -0.15) is 0 Å². The lowest BCUT2D eigenvalue weighted by molar-refractivity contribution is -0.104. The molecule has 0 saturated carbocycles. The highest BCUT2D eigenvalue weighted by molar-refractivity contribution is 7.80. The molecule has 8 nitrogen and oxygen atoms in total. The van der Waals surface area contributed by atoms with E-state index in [4.69, 9.17) is 9.84 Å². The first-order valence-electron chi connectivity index (χ1n) is 13.1. The maximum absolute atomic E-state index is 12.7. The Hall–Kier alpha value is -2.17. The molecule has 1 aromatic heterocycles. The van der Waals surface area contributed by atoms with Crippen molar-refractivity contribution in [1.82, 2.24) is 18.5 Å². The third-order valence-corrected chi connectivity index (χ3v) is 8.56. The van der Waals surface area contributed by atoms with Crippen molar-refractivity contribution in [3.8, 4) is 5.75 Å². The second kappa shape index (κ2) is 13.6. The minimum absolute atomic E-state index is 0.0509. The van der Waals surface area contributed by atoms with Gasteiger partial charge in [0.1, 0.15) is 17.6 Å². The van der Waals surface area contributed by atoms with E-state index < -0.39 is 11.2 Å². The van der Waals surface area contributed by atoms with Crippen LogP contribution < -0.4 is 4.74 Å². The minimum atomic E-state index is -1.09. The van der Waals surface area contributed by atoms with Crippen LogP contribution in [0, 0.1) is 0 Å². The van der Waals surface area contributed by atoms with E-state index in [0.717, 1.165) is 93.7 Å². The smallest absolute Gasteiger partial charge is 0.172 e. The number of fused-ring (bicyclic) bond motifs is 1. The number of hydrogen-bond acceptors (Lipinski definition) is 6. The van der Waals surface area contributed by atoms with Crippen molar-refractivity contribution in [2.45, 2.75) is 57.7 Å². The molecule has 2 atom stereocenters. The number of likely N-dealkylation sites (N-methyl/N-ethyl adjacent to an activating group) is 1. The number of aromatic nitrogens is 1. The zero-order valence-corrected chi connectivity index (χ0v) is 23.5. The zero-order valence-electron chi connectivity index (χ0n) is 22.7. The molecular weight excluding hydrogens is 488 g/mol. The largest absolute Gasteiger partial charge is 0.485 e. The second-order valence-electron chi connectivity index (χ2n) is 10.2. The van der Waals surface area contributed by atoms with Crippen LogP contribution in [0.2, 0.25) is 0 Å². The van der Waals surface area contributed by atoms with Crippen molar-refractivity contribution in [3.05, 3.63) is 53.9 Å². The summed E-state index contributed by atoms with van der Waals surface area (Å²) in [6.07, 6.45) is 12.4. The molecular formula is C28H42N4O4S. The number of pyridine rings is 1. The lowest BCUT2D eigenvalue weighted by Crippen LogP contribution is -2.50. The van der Waals surface area contributed by atoms with Crippen LogP contribution in [0.25, 0.3) is 5.57 Å². The van der Waals surface area contributed by atoms with Gasteiger partial charge >= 0.3 is 0 Å². The van der Waals surface area contributed by atoms with Crippen LogP contribution in [0.4, 0.5) is 0 Å². The van der Waals surface area contributed by atoms with E-state index in [0.29, 0.717) is 5.57 Å². The number of aliphatic hydroxyl groups excluding tert-OH is 1. The summed E-state index contributed by atoms with van der Waals surface area (Å²) in [6.45, 7) is 12.0. The molecule has 0 aliphatic carbocycles. The lowest BCUT2D eigenvalue weighted by Gasteiger charge is -2.38. The molecule has 204 valence electrons. The summed E-state index contributed by atoms with van der Waals surface area (Å²) in [5, 5.41) is 8.86. The highest BCUT2D eigenvalue weighted by Crippen LogP contribution is 2.41. The Balaban J connectivity index is 0.000000468. The predicted octanol–water partition coefficient (Wildman–Crippen LogP) is 3.17. The summed E-state index contributed by atoms with van der Waals surface area (Å²) in [7, 11) is 3.94. The Labute approximate surface area is 224 Å². The highest BCUT2D eigenvalue weighted by atomic mass is 32.2. The third kappa shape index (κ3) is 7.91. The molecule has 3 aliphatic rings. The molecule has 1 aromatic rings. The van der Waals surface area contributed by atoms with E-state index in [1.807, 2.05) is 28.8 Å². The van der Waals surface area contributed by atoms with Gasteiger partial charge in [0.05, 0.1) is 18.0 Å². The molecule has 4 rings (SSSR count). The Bertz CT molecular complexity index is 1030. The van der Waals surface area contributed by atoms with Crippen molar-refractivity contribution in [3.63, 3.8) is 0 Å². The number of β-amino-alcohol motifs (C(OH)–C–C–N with tert-alkyl or cyclic N) is 1. The quantitative estimate of drug-likeness (QED) is 0.316. The topological polar surface area (TPSA) is 86.2 Å². The first-order chi connectivity index (χ1) is 17.7. The molecule has 1 spiro atoms. The average Bonchev–Trinajstić information content (AvgIpc) is 3.45. The molecule has 2 saturated heterocycles. The van der Waals surface area contributed by atoms with Gasteiger partial charge in [0.25, 0.3) is 0 Å². The molecule has 0 amide bonds. The fourth-order valence-corrected chi connectivity index (χ4v) is 6.07. The monoisotopic (exact) mass is 530 g/mol. The summed E-state index contributed by atoms with van der Waals surface area (Å²) in [5.41, 5.74) is 3.23. The Morgan fingerprint density at radius 2 is 2.08 bits per heavy atom. The number of piperidine rings is 1. The van der Waals surface area contributed by atoms with Crippen LogP contribution in [0.3, 0.4) is 0 Å². The number of hydrogen-bond donors (Lipinski definition) is 1. The van der Waals surface area contributed by atoms with Crippen LogP contribution in [0.15, 0.2) is 42.6 Å². The fraction of sp³-hybridized carbons (Fsp3) is 0.571. The van der Waals surface area contributed by atoms with Crippen LogP contribution >= 0.6 is 0 Å². The molecule has 2 fully saturated rings. The van der Waals surface area contributed by atoms with Crippen molar-refractivity contribution < 1.29 is 18.8 Å². The summed E-state index contributed by atoms with van der Waals surface area (Å²) >= 11 is -1.09. The van der Waals surface area contributed by atoms with E-state index in [1.165, 1.54) is 0 Å². The zero-order chi connectivity index (χ0) is 27.0. The minimum Gasteiger partial charge on any atom is -0.485 e. The number of rotatable bonds is 8. The number of likely N-dealkylation sites (tertiary alicyclic amines) is 1. The summed E-state index contributed by atoms with van der Waals surface area (Å²) in [6, 6.07) is 2.06. The van der Waals surface area contributed by atoms with Crippen molar-refractivity contribution in [2.24, 2.45) is 0 Å². The van der Waals surface area contributed by atoms with Gasteiger partial charge in [-0.05, 0) is 44.0 Å². The van der Waals surface area contributed by atoms with E-state index in [-0.39, 0.29) is 11.7 Å². The van der Waals surface area contributed by atoms with Gasteiger partial charge in [-0.1, -0.05) is 31.7 Å². The van der Waals surface area contributed by atoms with Gasteiger partial charge in [-0.25, -0.2) is 12.8 Å². The molecule has 4 heterocycles. The van der Waals surface area contributed by atoms with E-state index in [1.54, 1.807) is 25.3 Å². The predicted molar refractivity (Wildman–Crippen MR) is 149 cm³/mol. The van der Waals surface area contributed by atoms with Gasteiger partial charge in [-0.3, -0.25) is 9.78 Å². The van der Waals surface area contributed by atoms with E-state index in [9.17, 15) is 9.00 Å². The normalized spacial score (nSPS) is 22.8. The van der Waals surface area contributed by atoms with Gasteiger partial charge in [-0.15, -0.1) is 0 Å². The first kappa shape index (κ1) is 29.4. The van der Waals surface area contributed by atoms with Crippen LogP contribution in [0.1, 0.15) is 50.8 Å². The van der Waals surface area contributed by atoms with Crippen molar-refractivity contribution in [2.75, 3.05) is 46.8 Å². The molecule has 2 unspecified atom stereocenters. The first-order valence-corrected chi connectivity index (χ1v) is 14.2. The molecule has 9 heteroatoms. The maximum Gasteiger partial charge on any atom is 0.172 e. The second-order valence-corrected chi connectivity index (χ2v) is 11.8. The average molecular weight is 531 g/mol. The fourth-order valence-electron chi connectivity index (χ4n) is 4.84. The van der Waals surface area contributed by atoms with Crippen molar-refractivity contribution in [1.29, 1.82) is 0 Å². The number of carbonyl (C=O) groups excluding carboxylic acids is 1. The van der Waals surface area contributed by atoms with E-state index >= 15 is 0 Å². The molecule has 37 heavy (non-hydrogen) atoms. The summed E-state index contributed by atoms with van der Waals surface area (Å²) < 4.78 is 23.0. The SMILES string of the molecule is C=C/C(=C\C=C(/C)C=O)c1cc2c(cn1)OC1(CCN(S(=O)N(C)CCC)CC1)C2.CN1CCC(O)C1. The molecule has 3 aliphatic heterocycles. The van der Waals surface area contributed by atoms with Gasteiger partial charge in [0.2, 0.25) is 0 Å². The molecule has 0 aromatic carbocycles. The van der Waals surface area contributed by atoms with Gasteiger partial charge in [0.15, 0.2) is 11.2 Å². The third-order valence-electron chi connectivity index (χ3n) is 7.04. The molecule has 1 N–H and O–H groups in total. The number of aldehydes is 1. The van der Waals surface area contributed by atoms with Gasteiger partial charge in [0, 0.05) is 64.6 Å². The number of nitrogens with zero attached hydrogens (tertiary/aromatic N) is 4. The standard InChI is InChI=1S/C23H31N3O3S.C5H11NO/c1-5-11-25(4)30(28)26-12-9-23(10-13-26)15-20-14-21(24-16-22(20)29-23)19(6-2)8-7-18(3)17-27;1-6-3-2-5(7)4-6/h6-8,14,16-17H,2,5,9-13,15H2,1,3-4H3;5,7H,2-4H2,1H3/b18-7+,19-8+;. The molecule has 0 radical (unpaired) electrons. The Kier molecular flexibility index (Phi) is 10.8. The lowest BCUT2D eigenvalue weighted by atomic mass is 9.88. The maximum atomic E-state index is 12.7.